The molecule has 252 valence electrons. The molecule has 0 aliphatic heterocycles. The topological polar surface area (TPSA) is 76.7 Å². The van der Waals surface area contributed by atoms with Gasteiger partial charge in [0.1, 0.15) is 11.7 Å². The third kappa shape index (κ3) is 33.2. The van der Waals surface area contributed by atoms with Crippen molar-refractivity contribution in [3.63, 3.8) is 0 Å². The molecule has 0 bridgehead atoms. The second kappa shape index (κ2) is 31.1. The Hall–Kier alpha value is -1.30. The molecule has 0 radical (unpaired) electrons. The normalized spacial score (nSPS) is 11.4. The standard InChI is InChI=1S/C35H70N2O4.CH4/c1-6-8-10-12-15-20-26-32(27-21-16-13-11-9-7-2)40-33(38)28-22-17-14-18-23-29-36-30-24-19-25-31-37-34(39)41-35(3,4)5;/h32,36H,6-31H2,1-5H3,(H,37,39);1H4. The van der Waals surface area contributed by atoms with Crippen LogP contribution in [0, 0.1) is 0 Å². The Labute approximate surface area is 262 Å². The van der Waals surface area contributed by atoms with Crippen molar-refractivity contribution in [3.8, 4) is 0 Å². The molecule has 0 atom stereocenters. The van der Waals surface area contributed by atoms with Crippen LogP contribution in [0.1, 0.15) is 190 Å². The summed E-state index contributed by atoms with van der Waals surface area (Å²) in [7, 11) is 0. The lowest BCUT2D eigenvalue weighted by atomic mass is 10.0. The molecule has 0 fully saturated rings. The highest BCUT2D eigenvalue weighted by Crippen LogP contribution is 2.18. The molecular formula is C36H74N2O4. The maximum atomic E-state index is 12.5. The SMILES string of the molecule is C.CCCCCCCCC(CCCCCCCC)OC(=O)CCCCCCCNCCCCCNC(=O)OC(C)(C)C. The molecule has 0 aliphatic carbocycles. The molecule has 0 heterocycles. The van der Waals surface area contributed by atoms with E-state index in [0.717, 1.165) is 58.0 Å². The summed E-state index contributed by atoms with van der Waals surface area (Å²) in [5, 5.41) is 6.33. The molecule has 0 aromatic heterocycles. The lowest BCUT2D eigenvalue weighted by Crippen LogP contribution is -2.33. The number of rotatable bonds is 29. The monoisotopic (exact) mass is 599 g/mol. The van der Waals surface area contributed by atoms with Crippen molar-refractivity contribution in [3.05, 3.63) is 0 Å². The summed E-state index contributed by atoms with van der Waals surface area (Å²) in [6, 6.07) is 0. The smallest absolute Gasteiger partial charge is 0.407 e. The average Bonchev–Trinajstić information content (AvgIpc) is 2.91. The molecule has 0 aliphatic rings. The van der Waals surface area contributed by atoms with Crippen molar-refractivity contribution >= 4 is 12.1 Å². The van der Waals surface area contributed by atoms with Gasteiger partial charge in [0.05, 0.1) is 0 Å². The van der Waals surface area contributed by atoms with Crippen molar-refractivity contribution in [2.45, 2.75) is 201 Å². The quantitative estimate of drug-likeness (QED) is 0.0661. The largest absolute Gasteiger partial charge is 0.462 e. The van der Waals surface area contributed by atoms with Crippen LogP contribution in [0.3, 0.4) is 0 Å². The minimum atomic E-state index is -0.442. The molecule has 42 heavy (non-hydrogen) atoms. The van der Waals surface area contributed by atoms with Crippen molar-refractivity contribution in [2.75, 3.05) is 19.6 Å². The van der Waals surface area contributed by atoms with Gasteiger partial charge >= 0.3 is 12.1 Å². The molecule has 2 N–H and O–H groups in total. The van der Waals surface area contributed by atoms with E-state index in [0.29, 0.717) is 13.0 Å². The van der Waals surface area contributed by atoms with Crippen LogP contribution >= 0.6 is 0 Å². The van der Waals surface area contributed by atoms with E-state index in [4.69, 9.17) is 9.47 Å². The highest BCUT2D eigenvalue weighted by Gasteiger charge is 2.15. The van der Waals surface area contributed by atoms with Crippen LogP contribution in [0.15, 0.2) is 0 Å². The van der Waals surface area contributed by atoms with Gasteiger partial charge < -0.3 is 20.1 Å². The zero-order valence-corrected chi connectivity index (χ0v) is 28.1. The van der Waals surface area contributed by atoms with E-state index in [1.807, 2.05) is 20.8 Å². The van der Waals surface area contributed by atoms with Crippen LogP contribution in [0.25, 0.3) is 0 Å². The molecule has 0 rings (SSSR count). The summed E-state index contributed by atoms with van der Waals surface area (Å²) < 4.78 is 11.2. The maximum Gasteiger partial charge on any atom is 0.407 e. The van der Waals surface area contributed by atoms with E-state index in [1.165, 1.54) is 96.3 Å². The van der Waals surface area contributed by atoms with E-state index in [-0.39, 0.29) is 25.6 Å². The number of amides is 1. The number of carbonyl (C=O) groups excluding carboxylic acids is 2. The van der Waals surface area contributed by atoms with Gasteiger partial charge in [-0.2, -0.15) is 0 Å². The summed E-state index contributed by atoms with van der Waals surface area (Å²) in [5.41, 5.74) is -0.442. The van der Waals surface area contributed by atoms with Crippen LogP contribution in [0.2, 0.25) is 0 Å². The van der Waals surface area contributed by atoms with E-state index >= 15 is 0 Å². The lowest BCUT2D eigenvalue weighted by molar-refractivity contribution is -0.150. The Kier molecular flexibility index (Phi) is 31.8. The molecule has 0 aromatic rings. The predicted molar refractivity (Wildman–Crippen MR) is 181 cm³/mol. The number of hydrogen-bond donors (Lipinski definition) is 2. The van der Waals surface area contributed by atoms with Gasteiger partial charge in [-0.15, -0.1) is 0 Å². The lowest BCUT2D eigenvalue weighted by Gasteiger charge is -2.19. The molecule has 0 aromatic carbocycles. The van der Waals surface area contributed by atoms with E-state index < -0.39 is 5.60 Å². The summed E-state index contributed by atoms with van der Waals surface area (Å²) in [5.74, 6) is 0.0231. The molecule has 0 saturated heterocycles. The zero-order valence-electron chi connectivity index (χ0n) is 28.1. The second-order valence-corrected chi connectivity index (χ2v) is 13.0. The van der Waals surface area contributed by atoms with Gasteiger partial charge in [0, 0.05) is 13.0 Å². The molecule has 0 saturated carbocycles. The van der Waals surface area contributed by atoms with Crippen LogP contribution < -0.4 is 10.6 Å². The Morgan fingerprint density at radius 1 is 0.595 bits per heavy atom. The summed E-state index contributed by atoms with van der Waals surface area (Å²) >= 11 is 0. The average molecular weight is 599 g/mol. The van der Waals surface area contributed by atoms with Gasteiger partial charge in [0.15, 0.2) is 0 Å². The first kappa shape index (κ1) is 42.8. The first-order chi connectivity index (χ1) is 19.8. The number of nitrogens with one attached hydrogen (secondary N) is 2. The van der Waals surface area contributed by atoms with E-state index in [1.54, 1.807) is 0 Å². The minimum absolute atomic E-state index is 0. The Morgan fingerprint density at radius 3 is 1.55 bits per heavy atom. The predicted octanol–water partition coefficient (Wildman–Crippen LogP) is 10.7. The van der Waals surface area contributed by atoms with Gasteiger partial charge in [0.2, 0.25) is 0 Å². The summed E-state index contributed by atoms with van der Waals surface area (Å²) in [6.07, 6.45) is 26.8. The van der Waals surface area contributed by atoms with Gasteiger partial charge in [0.25, 0.3) is 0 Å². The zero-order chi connectivity index (χ0) is 30.4. The highest BCUT2D eigenvalue weighted by atomic mass is 16.6. The van der Waals surface area contributed by atoms with E-state index in [2.05, 4.69) is 24.5 Å². The molecular weight excluding hydrogens is 524 g/mol. The molecule has 0 spiro atoms. The Morgan fingerprint density at radius 2 is 1.02 bits per heavy atom. The maximum absolute atomic E-state index is 12.5. The minimum Gasteiger partial charge on any atom is -0.462 e. The molecule has 6 heteroatoms. The summed E-state index contributed by atoms with van der Waals surface area (Å²) in [6.45, 7) is 12.9. The number of ether oxygens (including phenoxy) is 2. The van der Waals surface area contributed by atoms with Gasteiger partial charge in [-0.25, -0.2) is 4.79 Å². The highest BCUT2D eigenvalue weighted by molar-refractivity contribution is 5.69. The third-order valence-corrected chi connectivity index (χ3v) is 7.49. The first-order valence-corrected chi connectivity index (χ1v) is 17.7. The number of unbranched alkanes of at least 4 members (excludes halogenated alkanes) is 16. The van der Waals surface area contributed by atoms with Crippen LogP contribution in [0.5, 0.6) is 0 Å². The van der Waals surface area contributed by atoms with Crippen molar-refractivity contribution in [1.29, 1.82) is 0 Å². The van der Waals surface area contributed by atoms with E-state index in [9.17, 15) is 9.59 Å². The fraction of sp³-hybridized carbons (Fsp3) is 0.944. The number of esters is 1. The second-order valence-electron chi connectivity index (χ2n) is 13.0. The molecule has 1 amide bonds. The Bertz CT molecular complexity index is 575. The van der Waals surface area contributed by atoms with Crippen LogP contribution in [0.4, 0.5) is 4.79 Å². The molecule has 0 unspecified atom stereocenters. The number of hydrogen-bond acceptors (Lipinski definition) is 5. The summed E-state index contributed by atoms with van der Waals surface area (Å²) in [4.78, 5) is 24.1. The van der Waals surface area contributed by atoms with Crippen molar-refractivity contribution < 1.29 is 19.1 Å². The Balaban J connectivity index is 0. The van der Waals surface area contributed by atoms with Crippen molar-refractivity contribution in [2.24, 2.45) is 0 Å². The van der Waals surface area contributed by atoms with Gasteiger partial charge in [-0.1, -0.05) is 111 Å². The van der Waals surface area contributed by atoms with Crippen LogP contribution in [-0.4, -0.2) is 43.4 Å². The van der Waals surface area contributed by atoms with Gasteiger partial charge in [-0.05, 0) is 85.2 Å². The van der Waals surface area contributed by atoms with Gasteiger partial charge in [-0.3, -0.25) is 4.79 Å². The van der Waals surface area contributed by atoms with Crippen molar-refractivity contribution in [1.82, 2.24) is 10.6 Å². The number of carbonyl (C=O) groups is 2. The molecule has 6 nitrogen and oxygen atoms in total. The first-order valence-electron chi connectivity index (χ1n) is 17.7. The number of alkyl carbamates (subject to hydrolysis) is 1. The van der Waals surface area contributed by atoms with Crippen LogP contribution in [-0.2, 0) is 14.3 Å². The fourth-order valence-corrected chi connectivity index (χ4v) is 5.04. The third-order valence-electron chi connectivity index (χ3n) is 7.49. The fourth-order valence-electron chi connectivity index (χ4n) is 5.04.